The highest BCUT2D eigenvalue weighted by Gasteiger charge is 2.34. The zero-order valence-corrected chi connectivity index (χ0v) is 73.1. The predicted octanol–water partition coefficient (Wildman–Crippen LogP) is 13.4. The number of nitrogens with zero attached hydrogens (tertiary/aromatic N) is 8. The van der Waals surface area contributed by atoms with Crippen molar-refractivity contribution in [3.8, 4) is 11.4 Å². The second-order valence-electron chi connectivity index (χ2n) is 31.4. The number of aliphatic hydroxyl groups is 1. The van der Waals surface area contributed by atoms with Crippen LogP contribution in [0.1, 0.15) is 194 Å². The number of H-pyrrole nitrogens is 4. The second-order valence-corrected chi connectivity index (χ2v) is 33.2. The number of para-hydroxylation sites is 1. The fourth-order valence-electron chi connectivity index (χ4n) is 16.6. The van der Waals surface area contributed by atoms with Crippen LogP contribution >= 0.6 is 0 Å². The Morgan fingerprint density at radius 1 is 0.455 bits per heavy atom. The zero-order chi connectivity index (χ0) is 88.6. The molecule has 3 aromatic carbocycles. The summed E-state index contributed by atoms with van der Waals surface area (Å²) in [7, 11) is -2.36. The maximum Gasteiger partial charge on any atom is 0.309 e. The first kappa shape index (κ1) is 88.9. The number of fused-ring (bicyclic) bond motifs is 4. The standard InChI is InChI=1S/C26H27N3O2.C25H26N4O3.C22H27N5O4S.C21H26N4O3/c1-15-10-11-16(2)23(12-15)29-19(5)24(20-8-6-7-9-22(20)29)26(31)27-14-21-17(3)13-18(4)28-25(21)30;1-15-13-21(32-4)20(24(30)28-15)14-27-25(31)22-17(3)29(23-19(22)11-8-12-26-23)16(2)18-9-6-5-7-10-18;1-14-12-15(2)25-21(28)18(14)13-24-22(29)19-16(3)27(20-17(19)8-7-9-23-20)32(30,31)26-10-5-4-6-11-26;1-12-10-13(2)24-20(27)17(12)11-23-21(28)18-15(4)25(14(3)7-9-26)19-16(18)6-5-8-22-19/h6-13H,14H2,1-5H3,(H,27,31)(H,28,30);5-13,16H,14H2,1-4H3,(H,27,31)(H,28,30);7-9,12H,4-6,10-11,13H2,1-3H3,(H,24,29)(H,25,28);5-6,8,10,14,26H,7,9,11H2,1-4H3,(H,23,28)(H,24,27). The van der Waals surface area contributed by atoms with Crippen molar-refractivity contribution in [1.29, 1.82) is 0 Å². The average molecular weight is 1680 g/mol. The van der Waals surface area contributed by atoms with Crippen LogP contribution in [0.3, 0.4) is 0 Å². The summed E-state index contributed by atoms with van der Waals surface area (Å²) in [6.07, 6.45) is 8.13. The Hall–Kier alpha value is -13.4. The van der Waals surface area contributed by atoms with Crippen molar-refractivity contribution in [2.24, 2.45) is 0 Å². The molecule has 12 heterocycles. The van der Waals surface area contributed by atoms with E-state index >= 15 is 0 Å². The lowest BCUT2D eigenvalue weighted by Gasteiger charge is -2.26. The molecular formula is C94H106N16O12S. The quantitative estimate of drug-likeness (QED) is 0.0323. The molecular weight excluding hydrogens is 1580 g/mol. The van der Waals surface area contributed by atoms with E-state index in [9.17, 15) is 51.9 Å². The lowest BCUT2D eigenvalue weighted by molar-refractivity contribution is 0.0943. The number of benzene rings is 3. The molecule has 29 heteroatoms. The molecule has 11 aromatic heterocycles. The van der Waals surface area contributed by atoms with Crippen LogP contribution in [0, 0.1) is 90.0 Å². The number of pyridine rings is 7. The molecule has 9 N–H and O–H groups in total. The Labute approximate surface area is 712 Å². The second kappa shape index (κ2) is 38.1. The highest BCUT2D eigenvalue weighted by atomic mass is 32.2. The van der Waals surface area contributed by atoms with Crippen molar-refractivity contribution in [2.75, 3.05) is 26.8 Å². The van der Waals surface area contributed by atoms with Crippen molar-refractivity contribution in [3.63, 3.8) is 0 Å². The van der Waals surface area contributed by atoms with Gasteiger partial charge in [0.25, 0.3) is 45.9 Å². The van der Waals surface area contributed by atoms with Crippen LogP contribution in [0.25, 0.3) is 49.7 Å². The number of aryl methyl sites for hydroxylation is 9. The number of carbonyl (C=O) groups excluding carboxylic acids is 4. The molecule has 0 spiro atoms. The summed E-state index contributed by atoms with van der Waals surface area (Å²) < 4.78 is 41.0. The van der Waals surface area contributed by atoms with Crippen molar-refractivity contribution in [3.05, 3.63) is 317 Å². The van der Waals surface area contributed by atoms with Crippen molar-refractivity contribution in [2.45, 2.75) is 168 Å². The summed E-state index contributed by atoms with van der Waals surface area (Å²) >= 11 is 0. The van der Waals surface area contributed by atoms with Crippen LogP contribution < -0.4 is 48.2 Å². The molecule has 2 atom stereocenters. The predicted molar refractivity (Wildman–Crippen MR) is 480 cm³/mol. The SMILES string of the molecule is COc1cc(C)[nH]c(=O)c1CNC(=O)c1c(C)n(C(C)c2ccccc2)c2ncccc12.Cc1cc(C)c(CNC(=O)c2c(C)n(C(C)CCO)c3ncccc23)c(=O)[nH]1.Cc1cc(C)c(CNC(=O)c2c(C)n(S(=O)(=O)N3CCCCC3)c3ncccc23)c(=O)[nH]1.Cc1ccc(C)c(-n2c(C)c(C(=O)NCc3c(C)cc(C)[nH]c3=O)c3ccccc32)c1. The highest BCUT2D eigenvalue weighted by molar-refractivity contribution is 7.87. The monoisotopic (exact) mass is 1680 g/mol. The molecule has 14 aromatic rings. The number of aliphatic hydroxyl groups excluding tert-OH is 1. The number of piperidine rings is 1. The van der Waals surface area contributed by atoms with Gasteiger partial charge in [0.1, 0.15) is 17.0 Å². The molecule has 0 saturated carbocycles. The van der Waals surface area contributed by atoms with Gasteiger partial charge in [-0.2, -0.15) is 12.7 Å². The molecule has 1 aliphatic heterocycles. The Bertz CT molecular complexity index is 6760. The normalized spacial score (nSPS) is 12.7. The maximum absolute atomic E-state index is 13.4. The van der Waals surface area contributed by atoms with Gasteiger partial charge in [0, 0.05) is 153 Å². The third-order valence-corrected chi connectivity index (χ3v) is 24.6. The Morgan fingerprint density at radius 2 is 0.862 bits per heavy atom. The third-order valence-electron chi connectivity index (χ3n) is 22.7. The Morgan fingerprint density at radius 3 is 1.34 bits per heavy atom. The van der Waals surface area contributed by atoms with E-state index in [0.717, 1.165) is 125 Å². The number of aromatic amines is 4. The van der Waals surface area contributed by atoms with Gasteiger partial charge >= 0.3 is 10.2 Å². The van der Waals surface area contributed by atoms with Gasteiger partial charge in [0.05, 0.1) is 53.0 Å². The lowest BCUT2D eigenvalue weighted by atomic mass is 10.1. The van der Waals surface area contributed by atoms with E-state index in [0.29, 0.717) is 81.0 Å². The number of amides is 4. The first-order valence-electron chi connectivity index (χ1n) is 40.9. The molecule has 1 fully saturated rings. The van der Waals surface area contributed by atoms with Crippen LogP contribution in [0.15, 0.2) is 171 Å². The number of methoxy groups -OCH3 is 1. The summed E-state index contributed by atoms with van der Waals surface area (Å²) in [4.78, 5) is 126. The smallest absolute Gasteiger partial charge is 0.309 e. The van der Waals surface area contributed by atoms with Gasteiger partial charge in [0.2, 0.25) is 0 Å². The molecule has 15 rings (SSSR count). The molecule has 0 bridgehead atoms. The molecule has 123 heavy (non-hydrogen) atoms. The Balaban J connectivity index is 0.000000150. The van der Waals surface area contributed by atoms with Gasteiger partial charge in [-0.05, 0) is 229 Å². The fraction of sp³-hybridized carbons (Fsp3) is 0.309. The number of hydrogen-bond acceptors (Lipinski definition) is 15. The average Bonchev–Trinajstić information content (AvgIpc) is 1.58. The molecule has 1 aliphatic rings. The molecule has 4 amide bonds. The first-order chi connectivity index (χ1) is 58.8. The number of ether oxygens (including phenoxy) is 1. The van der Waals surface area contributed by atoms with Gasteiger partial charge in [-0.3, -0.25) is 38.4 Å². The minimum Gasteiger partial charge on any atom is -0.496 e. The van der Waals surface area contributed by atoms with Crippen LogP contribution in [0.5, 0.6) is 5.75 Å². The van der Waals surface area contributed by atoms with Crippen molar-refractivity contribution in [1.82, 2.24) is 78.1 Å². The molecule has 640 valence electrons. The summed E-state index contributed by atoms with van der Waals surface area (Å²) in [6.45, 7) is 29.8. The maximum atomic E-state index is 13.4. The summed E-state index contributed by atoms with van der Waals surface area (Å²) in [5.74, 6) is -0.693. The highest BCUT2D eigenvalue weighted by Crippen LogP contribution is 2.35. The topological polar surface area (TPSA) is 373 Å². The third kappa shape index (κ3) is 18.8. The lowest BCUT2D eigenvalue weighted by Crippen LogP contribution is -2.39. The molecule has 0 aliphatic carbocycles. The number of carbonyl (C=O) groups is 4. The summed E-state index contributed by atoms with van der Waals surface area (Å²) in [5.41, 5.74) is 18.6. The number of hydrogen-bond donors (Lipinski definition) is 9. The number of rotatable bonds is 21. The number of aromatic nitrogens is 11. The minimum absolute atomic E-state index is 0.00446. The molecule has 28 nitrogen and oxygen atoms in total. The van der Waals surface area contributed by atoms with Crippen molar-refractivity contribution >= 4 is 77.8 Å². The van der Waals surface area contributed by atoms with Crippen LogP contribution in [0.4, 0.5) is 0 Å². The first-order valence-corrected chi connectivity index (χ1v) is 42.3. The van der Waals surface area contributed by atoms with Gasteiger partial charge < -0.3 is 64.7 Å². The molecule has 0 radical (unpaired) electrons. The summed E-state index contributed by atoms with van der Waals surface area (Å²) in [6, 6.07) is 42.5. The van der Waals surface area contributed by atoms with Crippen LogP contribution in [-0.4, -0.2) is 121 Å². The van der Waals surface area contributed by atoms with E-state index in [-0.39, 0.29) is 96.0 Å². The Kier molecular flexibility index (Phi) is 27.6. The molecule has 1 saturated heterocycles. The van der Waals surface area contributed by atoms with Gasteiger partial charge in [-0.25, -0.2) is 18.9 Å². The van der Waals surface area contributed by atoms with Gasteiger partial charge in [-0.15, -0.1) is 0 Å². The van der Waals surface area contributed by atoms with Crippen molar-refractivity contribution < 1.29 is 37.4 Å². The van der Waals surface area contributed by atoms with E-state index in [2.05, 4.69) is 116 Å². The largest absolute Gasteiger partial charge is 0.496 e. The van der Waals surface area contributed by atoms with E-state index in [4.69, 9.17) is 4.74 Å². The van der Waals surface area contributed by atoms with E-state index in [1.165, 1.54) is 21.6 Å². The van der Waals surface area contributed by atoms with Crippen LogP contribution in [0.2, 0.25) is 0 Å². The number of nitrogens with one attached hydrogen (secondary N) is 8. The van der Waals surface area contributed by atoms with Gasteiger partial charge in [-0.1, -0.05) is 67.1 Å². The zero-order valence-electron chi connectivity index (χ0n) is 72.3. The van der Waals surface area contributed by atoms with E-state index < -0.39 is 16.1 Å². The molecule has 2 unspecified atom stereocenters. The summed E-state index contributed by atoms with van der Waals surface area (Å²) in [5, 5.41) is 23.7. The van der Waals surface area contributed by atoms with Crippen LogP contribution in [-0.2, 0) is 36.4 Å². The van der Waals surface area contributed by atoms with E-state index in [1.807, 2.05) is 146 Å². The van der Waals surface area contributed by atoms with Gasteiger partial charge in [0.15, 0.2) is 5.65 Å². The minimum atomic E-state index is -3.86. The fourth-order valence-corrected chi connectivity index (χ4v) is 18.3. The van der Waals surface area contributed by atoms with E-state index in [1.54, 1.807) is 57.4 Å².